The summed E-state index contributed by atoms with van der Waals surface area (Å²) in [5, 5.41) is 4.51. The normalized spacial score (nSPS) is 20.8. The first-order valence-corrected chi connectivity index (χ1v) is 9.08. The van der Waals surface area contributed by atoms with Crippen LogP contribution < -0.4 is 16.4 Å². The molecule has 2 amide bonds. The number of aromatic nitrogens is 2. The second-order valence-corrected chi connectivity index (χ2v) is 7.28. The van der Waals surface area contributed by atoms with E-state index in [9.17, 15) is 18.0 Å². The lowest BCUT2D eigenvalue weighted by Gasteiger charge is -2.37. The van der Waals surface area contributed by atoms with Crippen molar-refractivity contribution in [3.8, 4) is 11.8 Å². The lowest BCUT2D eigenvalue weighted by Crippen LogP contribution is -2.59. The number of carbonyl (C=O) groups is 1. The molecule has 29 heavy (non-hydrogen) atoms. The minimum absolute atomic E-state index is 0.0481. The highest BCUT2D eigenvalue weighted by Gasteiger charge is 2.59. The number of anilines is 2. The average Bonchev–Trinajstić information content (AvgIpc) is 3.44. The number of urea groups is 1. The van der Waals surface area contributed by atoms with Gasteiger partial charge >= 0.3 is 12.2 Å². The summed E-state index contributed by atoms with van der Waals surface area (Å²) in [6.45, 7) is 1.71. The lowest BCUT2D eigenvalue weighted by atomic mass is 9.84. The van der Waals surface area contributed by atoms with Gasteiger partial charge in [0.25, 0.3) is 0 Å². The first-order valence-electron chi connectivity index (χ1n) is 9.08. The monoisotopic (exact) mass is 401 g/mol. The van der Waals surface area contributed by atoms with Crippen LogP contribution in [0.25, 0.3) is 0 Å². The molecule has 1 aliphatic carbocycles. The third kappa shape index (κ3) is 3.58. The van der Waals surface area contributed by atoms with Gasteiger partial charge in [-0.1, -0.05) is 11.8 Å². The van der Waals surface area contributed by atoms with Crippen LogP contribution in [0, 0.1) is 24.7 Å². The standard InChI is InChI=1S/C20H18F3N5O/c1-11-8-15-16(10-13(11)9-14-5-7-25-17(24)26-14)27-18(29)28-19(15,20(21,22)23)6-4-12-2-3-12/h5,7-8,10,12H,2-3,9H2,1H3,(H2,24,25,26)(H2,27,28,29). The minimum Gasteiger partial charge on any atom is -0.368 e. The fourth-order valence-electron chi connectivity index (χ4n) is 3.29. The molecule has 0 spiro atoms. The topological polar surface area (TPSA) is 92.9 Å². The first-order chi connectivity index (χ1) is 13.7. The zero-order chi connectivity index (χ0) is 20.8. The van der Waals surface area contributed by atoms with Crippen molar-refractivity contribution in [1.82, 2.24) is 15.3 Å². The molecule has 0 radical (unpaired) electrons. The van der Waals surface area contributed by atoms with Gasteiger partial charge in [0.15, 0.2) is 0 Å². The van der Waals surface area contributed by atoms with Gasteiger partial charge in [-0.25, -0.2) is 14.8 Å². The number of hydrogen-bond donors (Lipinski definition) is 3. The van der Waals surface area contributed by atoms with Gasteiger partial charge in [-0.3, -0.25) is 0 Å². The molecule has 0 saturated heterocycles. The van der Waals surface area contributed by atoms with E-state index in [0.29, 0.717) is 17.7 Å². The summed E-state index contributed by atoms with van der Waals surface area (Å²) in [5.74, 6) is 5.08. The van der Waals surface area contributed by atoms with E-state index in [1.807, 2.05) is 5.32 Å². The zero-order valence-electron chi connectivity index (χ0n) is 15.5. The third-order valence-corrected chi connectivity index (χ3v) is 5.00. The number of carbonyl (C=O) groups excluding carboxylic acids is 1. The van der Waals surface area contributed by atoms with Crippen molar-refractivity contribution in [3.63, 3.8) is 0 Å². The molecule has 2 heterocycles. The molecule has 1 aromatic heterocycles. The van der Waals surface area contributed by atoms with Gasteiger partial charge in [0.1, 0.15) is 0 Å². The van der Waals surface area contributed by atoms with Crippen LogP contribution in [0.3, 0.4) is 0 Å². The molecule has 9 heteroatoms. The van der Waals surface area contributed by atoms with Crippen molar-refractivity contribution in [3.05, 3.63) is 46.8 Å². The molecule has 1 aliphatic heterocycles. The van der Waals surface area contributed by atoms with Gasteiger partial charge in [-0.05, 0) is 49.1 Å². The fourth-order valence-corrected chi connectivity index (χ4v) is 3.29. The number of nitrogen functional groups attached to an aromatic ring is 1. The Morgan fingerprint density at radius 1 is 1.34 bits per heavy atom. The lowest BCUT2D eigenvalue weighted by molar-refractivity contribution is -0.178. The third-order valence-electron chi connectivity index (χ3n) is 5.00. The van der Waals surface area contributed by atoms with E-state index in [-0.39, 0.29) is 23.1 Å². The second-order valence-electron chi connectivity index (χ2n) is 7.28. The van der Waals surface area contributed by atoms with E-state index in [0.717, 1.165) is 18.4 Å². The van der Waals surface area contributed by atoms with Crippen LogP contribution in [-0.4, -0.2) is 22.2 Å². The highest BCUT2D eigenvalue weighted by atomic mass is 19.4. The quantitative estimate of drug-likeness (QED) is 0.674. The number of hydrogen-bond acceptors (Lipinski definition) is 4. The van der Waals surface area contributed by atoms with Crippen LogP contribution >= 0.6 is 0 Å². The molecule has 0 bridgehead atoms. The molecule has 6 nitrogen and oxygen atoms in total. The summed E-state index contributed by atoms with van der Waals surface area (Å²) >= 11 is 0. The summed E-state index contributed by atoms with van der Waals surface area (Å²) in [6.07, 6.45) is -1.38. The highest BCUT2D eigenvalue weighted by molar-refractivity contribution is 5.95. The maximum absolute atomic E-state index is 14.2. The van der Waals surface area contributed by atoms with Gasteiger partial charge < -0.3 is 16.4 Å². The number of alkyl halides is 3. The van der Waals surface area contributed by atoms with Crippen molar-refractivity contribution in [2.24, 2.45) is 5.92 Å². The summed E-state index contributed by atoms with van der Waals surface area (Å²) < 4.78 is 42.5. The fraction of sp³-hybridized carbons (Fsp3) is 0.350. The predicted molar refractivity (Wildman–Crippen MR) is 101 cm³/mol. The summed E-state index contributed by atoms with van der Waals surface area (Å²) in [6, 6.07) is 3.70. The highest BCUT2D eigenvalue weighted by Crippen LogP contribution is 2.45. The number of nitrogens with one attached hydrogen (secondary N) is 2. The number of benzene rings is 1. The number of amides is 2. The Morgan fingerprint density at radius 2 is 2.10 bits per heavy atom. The van der Waals surface area contributed by atoms with Gasteiger partial charge in [-0.15, -0.1) is 0 Å². The van der Waals surface area contributed by atoms with Crippen molar-refractivity contribution < 1.29 is 18.0 Å². The van der Waals surface area contributed by atoms with Crippen molar-refractivity contribution in [2.45, 2.75) is 37.9 Å². The second kappa shape index (κ2) is 6.65. The van der Waals surface area contributed by atoms with Crippen LogP contribution in [0.1, 0.15) is 35.2 Å². The Morgan fingerprint density at radius 3 is 2.76 bits per heavy atom. The molecule has 150 valence electrons. The Balaban J connectivity index is 1.81. The van der Waals surface area contributed by atoms with E-state index in [1.54, 1.807) is 19.1 Å². The minimum atomic E-state index is -4.78. The van der Waals surface area contributed by atoms with Gasteiger partial charge in [0.2, 0.25) is 11.5 Å². The van der Waals surface area contributed by atoms with Crippen molar-refractivity contribution in [1.29, 1.82) is 0 Å². The summed E-state index contributed by atoms with van der Waals surface area (Å²) in [7, 11) is 0. The van der Waals surface area contributed by atoms with Gasteiger partial charge in [-0.2, -0.15) is 13.2 Å². The molecule has 2 aromatic rings. The first kappa shape index (κ1) is 19.1. The van der Waals surface area contributed by atoms with E-state index >= 15 is 0 Å². The Bertz CT molecular complexity index is 1050. The van der Waals surface area contributed by atoms with Crippen LogP contribution in [-0.2, 0) is 12.0 Å². The molecular weight excluding hydrogens is 383 g/mol. The SMILES string of the molecule is Cc1cc2c(cc1Cc1ccnc(N)n1)NC(=O)NC2(C#CC1CC1)C(F)(F)F. The summed E-state index contributed by atoms with van der Waals surface area (Å²) in [5.41, 5.74) is 4.80. The van der Waals surface area contributed by atoms with E-state index in [4.69, 9.17) is 5.73 Å². The molecule has 1 fully saturated rings. The predicted octanol–water partition coefficient (Wildman–Crippen LogP) is 3.26. The van der Waals surface area contributed by atoms with Gasteiger partial charge in [0, 0.05) is 29.8 Å². The Kier molecular flexibility index (Phi) is 4.37. The maximum atomic E-state index is 14.2. The smallest absolute Gasteiger partial charge is 0.368 e. The number of fused-ring (bicyclic) bond motifs is 1. The number of aryl methyl sites for hydroxylation is 1. The zero-order valence-corrected chi connectivity index (χ0v) is 15.5. The molecule has 1 aromatic carbocycles. The Labute approximate surface area is 165 Å². The Hall–Kier alpha value is -3.28. The molecule has 1 unspecified atom stereocenters. The molecular formula is C20H18F3N5O. The van der Waals surface area contributed by atoms with E-state index in [1.165, 1.54) is 12.3 Å². The number of nitrogens with zero attached hydrogens (tertiary/aromatic N) is 2. The van der Waals surface area contributed by atoms with Crippen LogP contribution in [0.4, 0.5) is 29.6 Å². The van der Waals surface area contributed by atoms with E-state index in [2.05, 4.69) is 27.1 Å². The molecule has 4 rings (SSSR count). The molecule has 2 aliphatic rings. The average molecular weight is 401 g/mol. The van der Waals surface area contributed by atoms with E-state index < -0.39 is 17.7 Å². The summed E-state index contributed by atoms with van der Waals surface area (Å²) in [4.78, 5) is 20.1. The van der Waals surface area contributed by atoms with Crippen molar-refractivity contribution in [2.75, 3.05) is 11.1 Å². The number of nitrogens with two attached hydrogens (primary N) is 1. The number of rotatable bonds is 2. The molecule has 4 N–H and O–H groups in total. The van der Waals surface area contributed by atoms with Crippen molar-refractivity contribution >= 4 is 17.7 Å². The molecule has 1 atom stereocenters. The largest absolute Gasteiger partial charge is 0.427 e. The number of halogens is 3. The maximum Gasteiger partial charge on any atom is 0.427 e. The van der Waals surface area contributed by atoms with Crippen LogP contribution in [0.15, 0.2) is 24.4 Å². The van der Waals surface area contributed by atoms with Crippen LogP contribution in [0.5, 0.6) is 0 Å². The van der Waals surface area contributed by atoms with Crippen LogP contribution in [0.2, 0.25) is 0 Å². The molecule has 1 saturated carbocycles. The van der Waals surface area contributed by atoms with Gasteiger partial charge in [0.05, 0.1) is 5.69 Å².